The molecule has 1 amide bonds. The second-order valence-electron chi connectivity index (χ2n) is 10.3. The summed E-state index contributed by atoms with van der Waals surface area (Å²) >= 11 is 0. The van der Waals surface area contributed by atoms with E-state index in [-0.39, 0.29) is 23.4 Å². The van der Waals surface area contributed by atoms with Gasteiger partial charge in [-0.1, -0.05) is 66.7 Å². The van der Waals surface area contributed by atoms with E-state index in [2.05, 4.69) is 33.0 Å². The number of ether oxygens (including phenoxy) is 1. The van der Waals surface area contributed by atoms with Crippen molar-refractivity contribution in [3.63, 3.8) is 0 Å². The number of benzene rings is 3. The van der Waals surface area contributed by atoms with Crippen molar-refractivity contribution in [3.8, 4) is 5.75 Å². The third-order valence-electron chi connectivity index (χ3n) is 8.02. The minimum atomic E-state index is -3.66. The van der Waals surface area contributed by atoms with Crippen LogP contribution < -0.4 is 19.5 Å². The summed E-state index contributed by atoms with van der Waals surface area (Å²) in [6, 6.07) is 25.0. The van der Waals surface area contributed by atoms with Crippen LogP contribution in [0.3, 0.4) is 0 Å². The lowest BCUT2D eigenvalue weighted by Gasteiger charge is -2.41. The Morgan fingerprint density at radius 3 is 2.34 bits per heavy atom. The van der Waals surface area contributed by atoms with Crippen molar-refractivity contribution < 1.29 is 17.9 Å². The fourth-order valence-electron chi connectivity index (χ4n) is 5.94. The molecule has 0 radical (unpaired) electrons. The van der Waals surface area contributed by atoms with Crippen LogP contribution in [0.15, 0.2) is 78.9 Å². The maximum absolute atomic E-state index is 13.1. The molecule has 0 aromatic heterocycles. The van der Waals surface area contributed by atoms with Crippen molar-refractivity contribution in [1.82, 2.24) is 14.8 Å². The van der Waals surface area contributed by atoms with Gasteiger partial charge in [0.05, 0.1) is 12.7 Å². The van der Waals surface area contributed by atoms with E-state index in [4.69, 9.17) is 4.74 Å². The minimum Gasteiger partial charge on any atom is -0.496 e. The van der Waals surface area contributed by atoms with E-state index in [1.807, 2.05) is 48.5 Å². The second-order valence-corrected chi connectivity index (χ2v) is 11.8. The van der Waals surface area contributed by atoms with E-state index >= 15 is 0 Å². The van der Waals surface area contributed by atoms with Crippen LogP contribution in [0.1, 0.15) is 65.2 Å². The Labute approximate surface area is 225 Å². The highest BCUT2D eigenvalue weighted by molar-refractivity contribution is 7.87. The van der Waals surface area contributed by atoms with Crippen molar-refractivity contribution in [2.75, 3.05) is 13.7 Å². The molecule has 200 valence electrons. The van der Waals surface area contributed by atoms with Crippen molar-refractivity contribution in [2.24, 2.45) is 0 Å². The number of amides is 1. The van der Waals surface area contributed by atoms with Crippen LogP contribution in [-0.4, -0.2) is 34.0 Å². The van der Waals surface area contributed by atoms with Gasteiger partial charge in [-0.05, 0) is 67.3 Å². The summed E-state index contributed by atoms with van der Waals surface area (Å²) in [5, 5.41) is 3.13. The molecule has 0 heterocycles. The monoisotopic (exact) mass is 533 g/mol. The summed E-state index contributed by atoms with van der Waals surface area (Å²) < 4.78 is 37.2. The summed E-state index contributed by atoms with van der Waals surface area (Å²) in [7, 11) is -2.11. The summed E-state index contributed by atoms with van der Waals surface area (Å²) in [4.78, 5) is 13.1. The Morgan fingerprint density at radius 1 is 0.895 bits per heavy atom. The first-order valence-electron chi connectivity index (χ1n) is 13.2. The topological polar surface area (TPSA) is 96.5 Å². The molecule has 1 atom stereocenters. The van der Waals surface area contributed by atoms with Gasteiger partial charge in [0.25, 0.3) is 16.1 Å². The van der Waals surface area contributed by atoms with Crippen LogP contribution in [0, 0.1) is 0 Å². The summed E-state index contributed by atoms with van der Waals surface area (Å²) in [5.74, 6) is 0.357. The summed E-state index contributed by atoms with van der Waals surface area (Å²) in [5.41, 5.74) is 3.65. The molecule has 0 spiro atoms. The first kappa shape index (κ1) is 26.4. The number of carbonyl (C=O) groups excluding carboxylic acids is 1. The lowest BCUT2D eigenvalue weighted by molar-refractivity contribution is 0.0932. The molecule has 3 N–H and O–H groups in total. The largest absolute Gasteiger partial charge is 0.496 e. The molecule has 1 fully saturated rings. The Morgan fingerprint density at radius 2 is 1.58 bits per heavy atom. The first-order valence-corrected chi connectivity index (χ1v) is 14.7. The average molecular weight is 534 g/mol. The predicted molar refractivity (Wildman–Crippen MR) is 148 cm³/mol. The maximum Gasteiger partial charge on any atom is 0.277 e. The van der Waals surface area contributed by atoms with Crippen LogP contribution in [0.4, 0.5) is 0 Å². The fraction of sp³-hybridized carbons (Fsp3) is 0.367. The van der Waals surface area contributed by atoms with E-state index in [9.17, 15) is 13.2 Å². The zero-order valence-corrected chi connectivity index (χ0v) is 22.5. The molecule has 5 rings (SSSR count). The maximum atomic E-state index is 13.1. The molecule has 7 nitrogen and oxygen atoms in total. The van der Waals surface area contributed by atoms with Gasteiger partial charge in [-0.2, -0.15) is 17.9 Å². The standard InChI is InChI=1S/C30H35N3O4S/c1-37-28-14-8-7-13-26(28)29(34)31-21-30(23-10-3-2-4-11-23)19-17-24(18-20-30)32-38(35,36)33-27-16-15-22-9-5-6-12-25(22)27/h2-14,24,27,32-33H,15-21H2,1H3,(H,31,34)/t24-,27?,30-. The van der Waals surface area contributed by atoms with Crippen molar-refractivity contribution in [3.05, 3.63) is 101 Å². The van der Waals surface area contributed by atoms with E-state index < -0.39 is 10.2 Å². The highest BCUT2D eigenvalue weighted by Gasteiger charge is 2.38. The summed E-state index contributed by atoms with van der Waals surface area (Å²) in [6.07, 6.45) is 4.52. The Balaban J connectivity index is 1.25. The first-order chi connectivity index (χ1) is 18.4. The predicted octanol–water partition coefficient (Wildman–Crippen LogP) is 4.42. The van der Waals surface area contributed by atoms with Crippen LogP contribution in [-0.2, 0) is 22.0 Å². The SMILES string of the molecule is COc1ccccc1C(=O)NC[C@]1(c2ccccc2)CC[C@H](NS(=O)(=O)NC2CCc3ccccc32)CC1. The minimum absolute atomic E-state index is 0.161. The van der Waals surface area contributed by atoms with Gasteiger partial charge in [-0.3, -0.25) is 4.79 Å². The number of rotatable bonds is 9. The molecule has 1 saturated carbocycles. The van der Waals surface area contributed by atoms with Gasteiger partial charge in [0.15, 0.2) is 0 Å². The normalized spacial score (nSPS) is 23.0. The number of nitrogens with one attached hydrogen (secondary N) is 3. The summed E-state index contributed by atoms with van der Waals surface area (Å²) in [6.45, 7) is 0.463. The van der Waals surface area contributed by atoms with Crippen molar-refractivity contribution >= 4 is 16.1 Å². The van der Waals surface area contributed by atoms with E-state index in [1.54, 1.807) is 19.2 Å². The zero-order chi connectivity index (χ0) is 26.6. The van der Waals surface area contributed by atoms with Gasteiger partial charge in [0.1, 0.15) is 5.75 Å². The molecular formula is C30H35N3O4S. The Hall–Kier alpha value is -3.20. The smallest absolute Gasteiger partial charge is 0.277 e. The van der Waals surface area contributed by atoms with E-state index in [0.717, 1.165) is 36.8 Å². The molecule has 8 heteroatoms. The van der Waals surface area contributed by atoms with E-state index in [1.165, 1.54) is 5.56 Å². The van der Waals surface area contributed by atoms with Gasteiger partial charge < -0.3 is 10.1 Å². The Kier molecular flexibility index (Phi) is 7.83. The van der Waals surface area contributed by atoms with Crippen LogP contribution in [0.2, 0.25) is 0 Å². The number of aryl methyl sites for hydroxylation is 1. The second kappa shape index (κ2) is 11.3. The molecular weight excluding hydrogens is 498 g/mol. The molecule has 2 aliphatic rings. The third kappa shape index (κ3) is 5.77. The third-order valence-corrected chi connectivity index (χ3v) is 9.26. The molecule has 2 aliphatic carbocycles. The molecule has 1 unspecified atom stereocenters. The molecule has 0 aliphatic heterocycles. The Bertz CT molecular complexity index is 1370. The highest BCUT2D eigenvalue weighted by atomic mass is 32.2. The lowest BCUT2D eigenvalue weighted by atomic mass is 9.68. The number of methoxy groups -OCH3 is 1. The quantitative estimate of drug-likeness (QED) is 0.380. The van der Waals surface area contributed by atoms with Gasteiger partial charge in [0, 0.05) is 24.0 Å². The molecule has 38 heavy (non-hydrogen) atoms. The fourth-order valence-corrected chi connectivity index (χ4v) is 7.31. The number of hydrogen-bond acceptors (Lipinski definition) is 4. The van der Waals surface area contributed by atoms with Crippen LogP contribution in [0.25, 0.3) is 0 Å². The number of hydrogen-bond donors (Lipinski definition) is 3. The number of carbonyl (C=O) groups is 1. The van der Waals surface area contributed by atoms with Gasteiger partial charge in [0.2, 0.25) is 0 Å². The zero-order valence-electron chi connectivity index (χ0n) is 21.7. The number of fused-ring (bicyclic) bond motifs is 1. The molecule has 3 aromatic carbocycles. The van der Waals surface area contributed by atoms with Crippen LogP contribution >= 0.6 is 0 Å². The molecule has 0 bridgehead atoms. The van der Waals surface area contributed by atoms with Gasteiger partial charge in [-0.25, -0.2) is 0 Å². The van der Waals surface area contributed by atoms with Gasteiger partial charge >= 0.3 is 0 Å². The van der Waals surface area contributed by atoms with Crippen LogP contribution in [0.5, 0.6) is 5.75 Å². The number of para-hydroxylation sites is 1. The lowest BCUT2D eigenvalue weighted by Crippen LogP contribution is -2.49. The highest BCUT2D eigenvalue weighted by Crippen LogP contribution is 2.39. The average Bonchev–Trinajstić information content (AvgIpc) is 3.35. The van der Waals surface area contributed by atoms with Crippen molar-refractivity contribution in [1.29, 1.82) is 0 Å². The molecule has 3 aromatic rings. The van der Waals surface area contributed by atoms with Gasteiger partial charge in [-0.15, -0.1) is 0 Å². The van der Waals surface area contributed by atoms with E-state index in [0.29, 0.717) is 30.7 Å². The molecule has 0 saturated heterocycles. The van der Waals surface area contributed by atoms with Crippen molar-refractivity contribution in [2.45, 2.75) is 56.0 Å².